The van der Waals surface area contributed by atoms with E-state index in [0.29, 0.717) is 12.0 Å². The molecule has 1 saturated carbocycles. The fraction of sp³-hybridized carbons (Fsp3) is 0.312. The molecule has 0 amide bonds. The van der Waals surface area contributed by atoms with E-state index < -0.39 is 0 Å². The Morgan fingerprint density at radius 1 is 1.35 bits per heavy atom. The van der Waals surface area contributed by atoms with Gasteiger partial charge in [-0.1, -0.05) is 18.2 Å². The topological polar surface area (TPSA) is 60.2 Å². The van der Waals surface area contributed by atoms with Gasteiger partial charge in [0.15, 0.2) is 0 Å². The van der Waals surface area contributed by atoms with E-state index in [1.807, 2.05) is 30.5 Å². The molecule has 0 bridgehead atoms. The first-order chi connectivity index (χ1) is 9.76. The number of ether oxygens (including phenoxy) is 1. The number of benzene rings is 1. The third-order valence-electron chi connectivity index (χ3n) is 3.66. The van der Waals surface area contributed by atoms with Crippen molar-refractivity contribution in [2.45, 2.75) is 24.9 Å². The summed E-state index contributed by atoms with van der Waals surface area (Å²) in [6, 6.07) is 12.5. The van der Waals surface area contributed by atoms with Crippen LogP contribution in [0.2, 0.25) is 0 Å². The van der Waals surface area contributed by atoms with Crippen molar-refractivity contribution < 1.29 is 4.74 Å². The molecule has 1 heterocycles. The lowest BCUT2D eigenvalue weighted by Crippen LogP contribution is -2.03. The molecule has 3 rings (SSSR count). The third-order valence-corrected chi connectivity index (χ3v) is 3.66. The van der Waals surface area contributed by atoms with Crippen LogP contribution in [0.1, 0.15) is 23.5 Å². The molecule has 1 aromatic carbocycles. The van der Waals surface area contributed by atoms with Crippen molar-refractivity contribution in [1.82, 2.24) is 4.98 Å². The first kappa shape index (κ1) is 12.9. The Labute approximate surface area is 119 Å². The van der Waals surface area contributed by atoms with E-state index in [1.54, 1.807) is 7.11 Å². The zero-order chi connectivity index (χ0) is 13.9. The molecule has 104 valence electrons. The highest BCUT2D eigenvalue weighted by molar-refractivity contribution is 5.39. The smallest absolute Gasteiger partial charge is 0.126 e. The summed E-state index contributed by atoms with van der Waals surface area (Å²) in [6.07, 6.45) is 3.00. The molecule has 3 N–H and O–H groups in total. The Morgan fingerprint density at radius 3 is 2.85 bits per heavy atom. The normalized spacial score (nSPS) is 20.5. The molecule has 1 aliphatic rings. The maximum atomic E-state index is 5.84. The Bertz CT molecular complexity index is 583. The standard InChI is InChI=1S/C16H19N3O/c1-20-13-4-2-3-11(7-13)9-18-16-6-5-12(10-19-16)14-8-15(14)17/h2-7,10,14-15H,8-9,17H2,1H3,(H,18,19). The molecule has 1 fully saturated rings. The van der Waals surface area contributed by atoms with Crippen molar-refractivity contribution in [2.75, 3.05) is 12.4 Å². The van der Waals surface area contributed by atoms with E-state index in [9.17, 15) is 0 Å². The van der Waals surface area contributed by atoms with Crippen LogP contribution in [0, 0.1) is 0 Å². The van der Waals surface area contributed by atoms with E-state index >= 15 is 0 Å². The Kier molecular flexibility index (Phi) is 3.56. The molecule has 2 atom stereocenters. The second-order valence-corrected chi connectivity index (χ2v) is 5.19. The van der Waals surface area contributed by atoms with Crippen LogP contribution < -0.4 is 15.8 Å². The van der Waals surface area contributed by atoms with Crippen LogP contribution in [0.5, 0.6) is 5.75 Å². The molecule has 2 unspecified atom stereocenters. The average Bonchev–Trinajstić information content (AvgIpc) is 3.23. The SMILES string of the molecule is COc1cccc(CNc2ccc(C3CC3N)cn2)c1. The number of hydrogen-bond acceptors (Lipinski definition) is 4. The Balaban J connectivity index is 1.60. The van der Waals surface area contributed by atoms with Gasteiger partial charge in [0.2, 0.25) is 0 Å². The first-order valence-electron chi connectivity index (χ1n) is 6.84. The van der Waals surface area contributed by atoms with Gasteiger partial charge in [0.1, 0.15) is 11.6 Å². The number of hydrogen-bond donors (Lipinski definition) is 2. The molecule has 4 nitrogen and oxygen atoms in total. The van der Waals surface area contributed by atoms with Crippen molar-refractivity contribution in [2.24, 2.45) is 5.73 Å². The molecule has 20 heavy (non-hydrogen) atoms. The van der Waals surface area contributed by atoms with E-state index in [2.05, 4.69) is 22.4 Å². The molecule has 1 aliphatic carbocycles. The number of nitrogens with two attached hydrogens (primary N) is 1. The van der Waals surface area contributed by atoms with Crippen LogP contribution in [0.3, 0.4) is 0 Å². The van der Waals surface area contributed by atoms with Gasteiger partial charge in [0.25, 0.3) is 0 Å². The van der Waals surface area contributed by atoms with E-state index in [1.165, 1.54) is 11.1 Å². The number of nitrogens with one attached hydrogen (secondary N) is 1. The zero-order valence-corrected chi connectivity index (χ0v) is 11.5. The van der Waals surface area contributed by atoms with Gasteiger partial charge in [-0.3, -0.25) is 0 Å². The van der Waals surface area contributed by atoms with Crippen molar-refractivity contribution in [3.8, 4) is 5.75 Å². The minimum absolute atomic E-state index is 0.326. The Morgan fingerprint density at radius 2 is 2.20 bits per heavy atom. The maximum Gasteiger partial charge on any atom is 0.126 e. The van der Waals surface area contributed by atoms with Crippen LogP contribution >= 0.6 is 0 Å². The van der Waals surface area contributed by atoms with Gasteiger partial charge in [0, 0.05) is 24.7 Å². The van der Waals surface area contributed by atoms with Gasteiger partial charge in [-0.2, -0.15) is 0 Å². The maximum absolute atomic E-state index is 5.84. The molecule has 2 aromatic rings. The van der Waals surface area contributed by atoms with Crippen LogP contribution in [0.4, 0.5) is 5.82 Å². The average molecular weight is 269 g/mol. The van der Waals surface area contributed by atoms with Crippen molar-refractivity contribution in [3.63, 3.8) is 0 Å². The predicted molar refractivity (Wildman–Crippen MR) is 79.9 cm³/mol. The summed E-state index contributed by atoms with van der Waals surface area (Å²) in [7, 11) is 1.68. The zero-order valence-electron chi connectivity index (χ0n) is 11.5. The summed E-state index contributed by atoms with van der Waals surface area (Å²) in [6.45, 7) is 0.729. The highest BCUT2D eigenvalue weighted by Crippen LogP contribution is 2.38. The van der Waals surface area contributed by atoms with Crippen LogP contribution in [-0.4, -0.2) is 18.1 Å². The highest BCUT2D eigenvalue weighted by Gasteiger charge is 2.34. The molecular formula is C16H19N3O. The van der Waals surface area contributed by atoms with Crippen LogP contribution in [-0.2, 0) is 6.54 Å². The summed E-state index contributed by atoms with van der Waals surface area (Å²) in [5, 5.41) is 3.31. The lowest BCUT2D eigenvalue weighted by atomic mass is 10.2. The molecule has 0 aliphatic heterocycles. The lowest BCUT2D eigenvalue weighted by molar-refractivity contribution is 0.414. The van der Waals surface area contributed by atoms with Gasteiger partial charge in [-0.05, 0) is 35.7 Å². The summed E-state index contributed by atoms with van der Waals surface area (Å²) >= 11 is 0. The van der Waals surface area contributed by atoms with Gasteiger partial charge in [0.05, 0.1) is 7.11 Å². The quantitative estimate of drug-likeness (QED) is 0.875. The number of rotatable bonds is 5. The number of pyridine rings is 1. The molecular weight excluding hydrogens is 250 g/mol. The van der Waals surface area contributed by atoms with Crippen LogP contribution in [0.25, 0.3) is 0 Å². The summed E-state index contributed by atoms with van der Waals surface area (Å²) in [5.41, 5.74) is 8.25. The third kappa shape index (κ3) is 2.91. The summed E-state index contributed by atoms with van der Waals surface area (Å²) in [5.74, 6) is 2.26. The lowest BCUT2D eigenvalue weighted by Gasteiger charge is -2.08. The van der Waals surface area contributed by atoms with Crippen LogP contribution in [0.15, 0.2) is 42.6 Å². The van der Waals surface area contributed by atoms with Crippen molar-refractivity contribution >= 4 is 5.82 Å². The first-order valence-corrected chi connectivity index (χ1v) is 6.84. The monoisotopic (exact) mass is 269 g/mol. The molecule has 0 spiro atoms. The van der Waals surface area contributed by atoms with Crippen molar-refractivity contribution in [1.29, 1.82) is 0 Å². The van der Waals surface area contributed by atoms with Gasteiger partial charge < -0.3 is 15.8 Å². The van der Waals surface area contributed by atoms with Gasteiger partial charge >= 0.3 is 0 Å². The molecule has 0 radical (unpaired) electrons. The Hall–Kier alpha value is -2.07. The predicted octanol–water partition coefficient (Wildman–Crippen LogP) is 2.52. The second kappa shape index (κ2) is 5.51. The summed E-state index contributed by atoms with van der Waals surface area (Å²) < 4.78 is 5.21. The molecule has 1 aromatic heterocycles. The minimum atomic E-state index is 0.326. The van der Waals surface area contributed by atoms with E-state index in [4.69, 9.17) is 10.5 Å². The fourth-order valence-corrected chi connectivity index (χ4v) is 2.30. The van der Waals surface area contributed by atoms with Gasteiger partial charge in [-0.25, -0.2) is 4.98 Å². The summed E-state index contributed by atoms with van der Waals surface area (Å²) in [4.78, 5) is 4.43. The van der Waals surface area contributed by atoms with Gasteiger partial charge in [-0.15, -0.1) is 0 Å². The number of nitrogens with zero attached hydrogens (tertiary/aromatic N) is 1. The van der Waals surface area contributed by atoms with E-state index in [-0.39, 0.29) is 0 Å². The fourth-order valence-electron chi connectivity index (χ4n) is 2.30. The minimum Gasteiger partial charge on any atom is -0.497 e. The van der Waals surface area contributed by atoms with Crippen molar-refractivity contribution in [3.05, 3.63) is 53.7 Å². The molecule has 0 saturated heterocycles. The highest BCUT2D eigenvalue weighted by atomic mass is 16.5. The second-order valence-electron chi connectivity index (χ2n) is 5.19. The number of aromatic nitrogens is 1. The number of methoxy groups -OCH3 is 1. The van der Waals surface area contributed by atoms with E-state index in [0.717, 1.165) is 24.5 Å². The largest absolute Gasteiger partial charge is 0.497 e. The number of anilines is 1. The molecule has 4 heteroatoms.